The highest BCUT2D eigenvalue weighted by Crippen LogP contribution is 2.27. The first-order valence-corrected chi connectivity index (χ1v) is 12.0. The van der Waals surface area contributed by atoms with Gasteiger partial charge in [0.05, 0.1) is 16.4 Å². The molecule has 0 saturated heterocycles. The molecule has 5 rings (SSSR count). The number of furan rings is 1. The highest BCUT2D eigenvalue weighted by Gasteiger charge is 2.19. The molecule has 0 saturated carbocycles. The van der Waals surface area contributed by atoms with Gasteiger partial charge in [0, 0.05) is 23.6 Å². The summed E-state index contributed by atoms with van der Waals surface area (Å²) in [5, 5.41) is 9.02. The fourth-order valence-corrected chi connectivity index (χ4v) is 4.93. The lowest BCUT2D eigenvalue weighted by Crippen LogP contribution is -2.13. The number of benzene rings is 2. The second kappa shape index (κ2) is 7.87. The van der Waals surface area contributed by atoms with Crippen LogP contribution in [0.25, 0.3) is 27.7 Å². The van der Waals surface area contributed by atoms with Gasteiger partial charge in [-0.2, -0.15) is 0 Å². The molecule has 0 spiro atoms. The molecular weight excluding hydrogens is 424 g/mol. The Morgan fingerprint density at radius 1 is 1.03 bits per heavy atom. The maximum atomic E-state index is 12.4. The predicted molar refractivity (Wildman–Crippen MR) is 122 cm³/mol. The van der Waals surface area contributed by atoms with Crippen LogP contribution < -0.4 is 0 Å². The fourth-order valence-electron chi connectivity index (χ4n) is 3.87. The molecular formula is C24H22N4O3S. The number of hydrogen-bond acceptors (Lipinski definition) is 6. The van der Waals surface area contributed by atoms with Crippen molar-refractivity contribution >= 4 is 26.5 Å². The number of fused-ring (bicyclic) bond motifs is 2. The number of aromatic nitrogens is 4. The van der Waals surface area contributed by atoms with Crippen LogP contribution in [0.15, 0.2) is 76.6 Å². The Bertz CT molecular complexity index is 1520. The summed E-state index contributed by atoms with van der Waals surface area (Å²) in [5.74, 6) is 0.855. The largest absolute Gasteiger partial charge is 0.464 e. The summed E-state index contributed by atoms with van der Waals surface area (Å²) in [7, 11) is -3.31. The van der Waals surface area contributed by atoms with E-state index in [9.17, 15) is 8.42 Å². The molecule has 0 atom stereocenters. The van der Waals surface area contributed by atoms with Gasteiger partial charge in [0.2, 0.25) is 0 Å². The third-order valence-electron chi connectivity index (χ3n) is 5.73. The van der Waals surface area contributed by atoms with Crippen LogP contribution in [0.5, 0.6) is 0 Å². The Kier molecular flexibility index (Phi) is 5.01. The molecule has 2 aromatic carbocycles. The zero-order valence-corrected chi connectivity index (χ0v) is 18.6. The van der Waals surface area contributed by atoms with Gasteiger partial charge in [-0.15, -0.1) is 10.2 Å². The first kappa shape index (κ1) is 20.4. The van der Waals surface area contributed by atoms with Crippen molar-refractivity contribution < 1.29 is 12.8 Å². The van der Waals surface area contributed by atoms with Gasteiger partial charge >= 0.3 is 0 Å². The van der Waals surface area contributed by atoms with Crippen LogP contribution in [0.2, 0.25) is 0 Å². The Labute approximate surface area is 185 Å². The fraction of sp³-hybridized carbons (Fsp3) is 0.208. The van der Waals surface area contributed by atoms with Crippen LogP contribution in [0.3, 0.4) is 0 Å². The zero-order valence-electron chi connectivity index (χ0n) is 17.8. The van der Waals surface area contributed by atoms with Crippen molar-refractivity contribution in [2.24, 2.45) is 0 Å². The average Bonchev–Trinajstić information content (AvgIpc) is 3.47. The monoisotopic (exact) mass is 446 g/mol. The minimum absolute atomic E-state index is 0.312. The lowest BCUT2D eigenvalue weighted by atomic mass is 10.0. The number of nitrogens with zero attached hydrogens (tertiary/aromatic N) is 4. The minimum atomic E-state index is -3.31. The molecule has 7 nitrogen and oxygen atoms in total. The van der Waals surface area contributed by atoms with Gasteiger partial charge in [0.1, 0.15) is 17.7 Å². The third-order valence-corrected chi connectivity index (χ3v) is 7.90. The molecule has 0 amide bonds. The molecule has 0 fully saturated rings. The Balaban J connectivity index is 1.46. The van der Waals surface area contributed by atoms with Crippen LogP contribution in [-0.4, -0.2) is 33.2 Å². The van der Waals surface area contributed by atoms with Crippen molar-refractivity contribution in [1.29, 1.82) is 0 Å². The average molecular weight is 447 g/mol. The molecule has 5 aromatic rings. The van der Waals surface area contributed by atoms with E-state index in [1.165, 1.54) is 5.56 Å². The lowest BCUT2D eigenvalue weighted by Gasteiger charge is -2.10. The number of rotatable bonds is 6. The van der Waals surface area contributed by atoms with E-state index in [1.54, 1.807) is 56.9 Å². The van der Waals surface area contributed by atoms with E-state index in [1.807, 2.05) is 22.6 Å². The van der Waals surface area contributed by atoms with Gasteiger partial charge in [-0.05, 0) is 55.7 Å². The van der Waals surface area contributed by atoms with Crippen molar-refractivity contribution in [2.45, 2.75) is 36.8 Å². The summed E-state index contributed by atoms with van der Waals surface area (Å²) in [6, 6.07) is 14.9. The Morgan fingerprint density at radius 3 is 2.62 bits per heavy atom. The third kappa shape index (κ3) is 3.46. The lowest BCUT2D eigenvalue weighted by molar-refractivity contribution is 0.587. The van der Waals surface area contributed by atoms with Crippen molar-refractivity contribution in [3.8, 4) is 11.1 Å². The van der Waals surface area contributed by atoms with Gasteiger partial charge < -0.3 is 4.42 Å². The van der Waals surface area contributed by atoms with Crippen molar-refractivity contribution in [1.82, 2.24) is 19.6 Å². The summed E-state index contributed by atoms with van der Waals surface area (Å²) in [6.07, 6.45) is 6.67. The van der Waals surface area contributed by atoms with Crippen LogP contribution in [-0.2, 0) is 22.7 Å². The van der Waals surface area contributed by atoms with E-state index < -0.39 is 15.1 Å². The molecule has 162 valence electrons. The van der Waals surface area contributed by atoms with Gasteiger partial charge in [-0.1, -0.05) is 24.3 Å². The van der Waals surface area contributed by atoms with E-state index in [2.05, 4.69) is 21.2 Å². The molecule has 32 heavy (non-hydrogen) atoms. The summed E-state index contributed by atoms with van der Waals surface area (Å²) >= 11 is 0. The Hall–Kier alpha value is -3.52. The van der Waals surface area contributed by atoms with Gasteiger partial charge in [-0.25, -0.2) is 13.4 Å². The van der Waals surface area contributed by atoms with Crippen LogP contribution in [0, 0.1) is 0 Å². The molecule has 0 radical (unpaired) electrons. The van der Waals surface area contributed by atoms with Gasteiger partial charge in [-0.3, -0.25) is 4.40 Å². The van der Waals surface area contributed by atoms with Crippen LogP contribution in [0.1, 0.15) is 25.2 Å². The Morgan fingerprint density at radius 2 is 1.84 bits per heavy atom. The molecule has 0 aliphatic heterocycles. The van der Waals surface area contributed by atoms with Crippen molar-refractivity contribution in [3.05, 3.63) is 78.7 Å². The quantitative estimate of drug-likeness (QED) is 0.381. The van der Waals surface area contributed by atoms with Crippen LogP contribution >= 0.6 is 0 Å². The number of aryl methyl sites for hydroxylation is 2. The highest BCUT2D eigenvalue weighted by molar-refractivity contribution is 7.92. The SMILES string of the molecule is CC(C)S(=O)(=O)c1ccc(-c2cnc(CCc3cccc4occc34)n3cnnc23)cc1. The van der Waals surface area contributed by atoms with E-state index in [0.717, 1.165) is 34.3 Å². The summed E-state index contributed by atoms with van der Waals surface area (Å²) in [6.45, 7) is 3.36. The van der Waals surface area contributed by atoms with Crippen LogP contribution in [0.4, 0.5) is 0 Å². The minimum Gasteiger partial charge on any atom is -0.464 e. The maximum absolute atomic E-state index is 12.4. The summed E-state index contributed by atoms with van der Waals surface area (Å²) < 4.78 is 32.2. The molecule has 3 heterocycles. The summed E-state index contributed by atoms with van der Waals surface area (Å²) in [5.41, 5.74) is 4.41. The van der Waals surface area contributed by atoms with Crippen molar-refractivity contribution in [3.63, 3.8) is 0 Å². The second-order valence-corrected chi connectivity index (χ2v) is 10.5. The highest BCUT2D eigenvalue weighted by atomic mass is 32.2. The summed E-state index contributed by atoms with van der Waals surface area (Å²) in [4.78, 5) is 4.99. The predicted octanol–water partition coefficient (Wildman–Crippen LogP) is 4.50. The van der Waals surface area contributed by atoms with Gasteiger partial charge in [0.15, 0.2) is 15.5 Å². The van der Waals surface area contributed by atoms with Crippen molar-refractivity contribution in [2.75, 3.05) is 0 Å². The first-order chi connectivity index (χ1) is 15.4. The molecule has 3 aromatic heterocycles. The van der Waals surface area contributed by atoms with E-state index in [0.29, 0.717) is 17.0 Å². The van der Waals surface area contributed by atoms with E-state index in [4.69, 9.17) is 4.42 Å². The molecule has 8 heteroatoms. The maximum Gasteiger partial charge on any atom is 0.180 e. The topological polar surface area (TPSA) is 90.4 Å². The van der Waals surface area contributed by atoms with E-state index >= 15 is 0 Å². The smallest absolute Gasteiger partial charge is 0.180 e. The second-order valence-electron chi connectivity index (χ2n) is 7.98. The number of hydrogen-bond donors (Lipinski definition) is 0. The molecule has 0 aliphatic rings. The van der Waals surface area contributed by atoms with E-state index in [-0.39, 0.29) is 0 Å². The molecule has 0 N–H and O–H groups in total. The molecule has 0 bridgehead atoms. The van der Waals surface area contributed by atoms with Gasteiger partial charge in [0.25, 0.3) is 0 Å². The standard InChI is InChI=1S/C24H22N4O3S/c1-16(2)32(29,30)19-9-6-18(7-10-19)21-14-25-23(28-15-26-27-24(21)28)11-8-17-4-3-5-22-20(17)12-13-31-22/h3-7,9-10,12-16H,8,11H2,1-2H3. The number of sulfone groups is 1. The molecule has 0 unspecified atom stereocenters. The molecule has 0 aliphatic carbocycles. The normalized spacial score (nSPS) is 12.2. The first-order valence-electron chi connectivity index (χ1n) is 10.4. The zero-order chi connectivity index (χ0) is 22.3.